The molecule has 2 aliphatic rings. The van der Waals surface area contributed by atoms with Gasteiger partial charge >= 0.3 is 0 Å². The fraction of sp³-hybridized carbons (Fsp3) is 0.909. The molecule has 0 aromatic rings. The van der Waals surface area contributed by atoms with Crippen LogP contribution in [-0.2, 0) is 4.79 Å². The fourth-order valence-corrected chi connectivity index (χ4v) is 2.06. The SMILES string of the molecule is CC(C)(O)C(=O)NCC1(C2CC2)CC1. The molecule has 80 valence electrons. The lowest BCUT2D eigenvalue weighted by Gasteiger charge is -2.20. The molecule has 2 rings (SSSR count). The van der Waals surface area contributed by atoms with Gasteiger partial charge in [0.15, 0.2) is 0 Å². The molecular weight excluding hydrogens is 178 g/mol. The van der Waals surface area contributed by atoms with Gasteiger partial charge in [-0.1, -0.05) is 0 Å². The van der Waals surface area contributed by atoms with Crippen molar-refractivity contribution in [3.8, 4) is 0 Å². The first kappa shape index (κ1) is 9.97. The average Bonchev–Trinajstić information content (AvgIpc) is 2.89. The maximum atomic E-state index is 11.4. The minimum atomic E-state index is -1.24. The van der Waals surface area contributed by atoms with E-state index in [1.165, 1.54) is 39.5 Å². The Kier molecular flexibility index (Phi) is 2.11. The molecule has 2 fully saturated rings. The van der Waals surface area contributed by atoms with E-state index in [0.717, 1.165) is 12.5 Å². The molecule has 0 aromatic heterocycles. The van der Waals surface area contributed by atoms with E-state index in [2.05, 4.69) is 5.32 Å². The molecule has 3 heteroatoms. The zero-order chi connectivity index (χ0) is 10.4. The molecule has 3 nitrogen and oxygen atoms in total. The number of hydrogen-bond acceptors (Lipinski definition) is 2. The monoisotopic (exact) mass is 197 g/mol. The van der Waals surface area contributed by atoms with Crippen LogP contribution in [0.15, 0.2) is 0 Å². The molecule has 0 saturated heterocycles. The van der Waals surface area contributed by atoms with Gasteiger partial charge in [-0.05, 0) is 50.9 Å². The predicted octanol–water partition coefficient (Wildman–Crippen LogP) is 1.06. The lowest BCUT2D eigenvalue weighted by Crippen LogP contribution is -2.44. The summed E-state index contributed by atoms with van der Waals surface area (Å²) in [6.45, 7) is 3.82. The van der Waals surface area contributed by atoms with E-state index < -0.39 is 5.60 Å². The highest BCUT2D eigenvalue weighted by Gasteiger charge is 2.53. The number of nitrogens with one attached hydrogen (secondary N) is 1. The maximum absolute atomic E-state index is 11.4. The zero-order valence-corrected chi connectivity index (χ0v) is 8.97. The van der Waals surface area contributed by atoms with Crippen molar-refractivity contribution in [1.82, 2.24) is 5.32 Å². The van der Waals surface area contributed by atoms with Crippen LogP contribution in [0, 0.1) is 11.3 Å². The van der Waals surface area contributed by atoms with Crippen molar-refractivity contribution in [3.63, 3.8) is 0 Å². The molecule has 0 atom stereocenters. The zero-order valence-electron chi connectivity index (χ0n) is 8.97. The molecular formula is C11H19NO2. The fourth-order valence-electron chi connectivity index (χ4n) is 2.06. The summed E-state index contributed by atoms with van der Waals surface area (Å²) in [6, 6.07) is 0. The van der Waals surface area contributed by atoms with E-state index in [-0.39, 0.29) is 5.91 Å². The standard InChI is InChI=1S/C11H19NO2/c1-10(2,14)9(13)12-7-11(5-6-11)8-3-4-8/h8,14H,3-7H2,1-2H3,(H,12,13). The first-order valence-corrected chi connectivity index (χ1v) is 5.45. The van der Waals surface area contributed by atoms with Crippen LogP contribution in [0.4, 0.5) is 0 Å². The van der Waals surface area contributed by atoms with Crippen molar-refractivity contribution < 1.29 is 9.90 Å². The summed E-state index contributed by atoms with van der Waals surface area (Å²) in [5.74, 6) is 0.606. The molecule has 2 aliphatic carbocycles. The lowest BCUT2D eigenvalue weighted by molar-refractivity contribution is -0.136. The van der Waals surface area contributed by atoms with E-state index in [9.17, 15) is 9.90 Å². The second kappa shape index (κ2) is 2.96. The Hall–Kier alpha value is -0.570. The molecule has 0 radical (unpaired) electrons. The summed E-state index contributed by atoms with van der Waals surface area (Å²) in [4.78, 5) is 11.4. The normalized spacial score (nSPS) is 24.5. The van der Waals surface area contributed by atoms with E-state index >= 15 is 0 Å². The Morgan fingerprint density at radius 2 is 2.07 bits per heavy atom. The van der Waals surface area contributed by atoms with Gasteiger partial charge in [0.05, 0.1) is 0 Å². The van der Waals surface area contributed by atoms with Gasteiger partial charge in [0.25, 0.3) is 5.91 Å². The number of rotatable bonds is 4. The van der Waals surface area contributed by atoms with Crippen molar-refractivity contribution in [2.24, 2.45) is 11.3 Å². The van der Waals surface area contributed by atoms with Crippen molar-refractivity contribution in [2.75, 3.05) is 6.54 Å². The number of aliphatic hydroxyl groups is 1. The lowest BCUT2D eigenvalue weighted by atomic mass is 10.00. The van der Waals surface area contributed by atoms with Crippen molar-refractivity contribution in [3.05, 3.63) is 0 Å². The van der Waals surface area contributed by atoms with Crippen LogP contribution in [0.25, 0.3) is 0 Å². The Bertz CT molecular complexity index is 247. The molecule has 2 N–H and O–H groups in total. The molecule has 0 spiro atoms. The molecule has 0 bridgehead atoms. The highest BCUT2D eigenvalue weighted by atomic mass is 16.3. The summed E-state index contributed by atoms with van der Waals surface area (Å²) < 4.78 is 0. The molecule has 0 heterocycles. The van der Waals surface area contributed by atoms with E-state index in [0.29, 0.717) is 5.41 Å². The Labute approximate surface area is 84.9 Å². The van der Waals surface area contributed by atoms with Crippen LogP contribution in [0.2, 0.25) is 0 Å². The minimum absolute atomic E-state index is 0.246. The predicted molar refractivity (Wildman–Crippen MR) is 53.7 cm³/mol. The average molecular weight is 197 g/mol. The second-order valence-corrected chi connectivity index (χ2v) is 5.38. The van der Waals surface area contributed by atoms with Crippen molar-refractivity contribution >= 4 is 5.91 Å². The van der Waals surface area contributed by atoms with Crippen LogP contribution in [0.1, 0.15) is 39.5 Å². The van der Waals surface area contributed by atoms with Gasteiger partial charge < -0.3 is 10.4 Å². The summed E-state index contributed by atoms with van der Waals surface area (Å²) in [6.07, 6.45) is 5.17. The van der Waals surface area contributed by atoms with Crippen LogP contribution >= 0.6 is 0 Å². The number of hydrogen-bond donors (Lipinski definition) is 2. The Balaban J connectivity index is 1.80. The summed E-state index contributed by atoms with van der Waals surface area (Å²) >= 11 is 0. The Morgan fingerprint density at radius 3 is 2.43 bits per heavy atom. The van der Waals surface area contributed by atoms with Crippen LogP contribution in [0.5, 0.6) is 0 Å². The maximum Gasteiger partial charge on any atom is 0.251 e. The highest BCUT2D eigenvalue weighted by Crippen LogP contribution is 2.60. The Morgan fingerprint density at radius 1 is 1.50 bits per heavy atom. The van der Waals surface area contributed by atoms with Gasteiger partial charge in [-0.25, -0.2) is 0 Å². The van der Waals surface area contributed by atoms with Gasteiger partial charge in [0, 0.05) is 6.54 Å². The molecule has 0 aliphatic heterocycles. The molecule has 0 unspecified atom stereocenters. The van der Waals surface area contributed by atoms with E-state index in [1.54, 1.807) is 0 Å². The molecule has 0 aromatic carbocycles. The minimum Gasteiger partial charge on any atom is -0.381 e. The third-order valence-electron chi connectivity index (χ3n) is 3.49. The smallest absolute Gasteiger partial charge is 0.251 e. The van der Waals surface area contributed by atoms with E-state index in [1.807, 2.05) is 0 Å². The van der Waals surface area contributed by atoms with Crippen molar-refractivity contribution in [1.29, 1.82) is 0 Å². The van der Waals surface area contributed by atoms with Crippen LogP contribution in [0.3, 0.4) is 0 Å². The van der Waals surface area contributed by atoms with Crippen molar-refractivity contribution in [2.45, 2.75) is 45.1 Å². The topological polar surface area (TPSA) is 49.3 Å². The van der Waals surface area contributed by atoms with Crippen LogP contribution in [-0.4, -0.2) is 23.2 Å². The summed E-state index contributed by atoms with van der Waals surface area (Å²) in [5.41, 5.74) is -0.819. The first-order chi connectivity index (χ1) is 6.44. The molecule has 2 saturated carbocycles. The summed E-state index contributed by atoms with van der Waals surface area (Å²) in [5, 5.41) is 12.3. The summed E-state index contributed by atoms with van der Waals surface area (Å²) in [7, 11) is 0. The molecule has 14 heavy (non-hydrogen) atoms. The number of carbonyl (C=O) groups excluding carboxylic acids is 1. The van der Waals surface area contributed by atoms with Gasteiger partial charge in [-0.15, -0.1) is 0 Å². The third kappa shape index (κ3) is 1.92. The van der Waals surface area contributed by atoms with Gasteiger partial charge in [0.2, 0.25) is 0 Å². The number of carbonyl (C=O) groups is 1. The number of amides is 1. The quantitative estimate of drug-likeness (QED) is 0.708. The van der Waals surface area contributed by atoms with Crippen LogP contribution < -0.4 is 5.32 Å². The molecule has 1 amide bonds. The van der Waals surface area contributed by atoms with Gasteiger partial charge in [-0.2, -0.15) is 0 Å². The van der Waals surface area contributed by atoms with Gasteiger partial charge in [0.1, 0.15) is 5.60 Å². The van der Waals surface area contributed by atoms with Gasteiger partial charge in [-0.3, -0.25) is 4.79 Å². The van der Waals surface area contributed by atoms with E-state index in [4.69, 9.17) is 0 Å². The third-order valence-corrected chi connectivity index (χ3v) is 3.49. The highest BCUT2D eigenvalue weighted by molar-refractivity contribution is 5.83. The second-order valence-electron chi connectivity index (χ2n) is 5.38. The largest absolute Gasteiger partial charge is 0.381 e. The first-order valence-electron chi connectivity index (χ1n) is 5.45.